The molecule has 4 rings (SSSR count). The molecule has 0 bridgehead atoms. The molecule has 3 aromatic carbocycles. The van der Waals surface area contributed by atoms with E-state index in [0.29, 0.717) is 12.2 Å². The number of phenolic OH excluding ortho intramolecular Hbond substituents is 1. The Bertz CT molecular complexity index is 929. The van der Waals surface area contributed by atoms with Gasteiger partial charge in [-0.1, -0.05) is 60.7 Å². The van der Waals surface area contributed by atoms with Crippen LogP contribution in [0.1, 0.15) is 28.2 Å². The quantitative estimate of drug-likeness (QED) is 0.704. The van der Waals surface area contributed by atoms with Crippen molar-refractivity contribution in [3.8, 4) is 16.9 Å². The number of carbonyl (C=O) groups excluding carboxylic acids is 1. The van der Waals surface area contributed by atoms with E-state index >= 15 is 0 Å². The van der Waals surface area contributed by atoms with E-state index in [-0.39, 0.29) is 24.1 Å². The summed E-state index contributed by atoms with van der Waals surface area (Å²) in [5.41, 5.74) is 6.35. The minimum atomic E-state index is -0.328. The maximum absolute atomic E-state index is 12.3. The van der Waals surface area contributed by atoms with E-state index in [2.05, 4.69) is 24.3 Å². The lowest BCUT2D eigenvalue weighted by molar-refractivity contribution is -0.143. The van der Waals surface area contributed by atoms with Gasteiger partial charge in [-0.2, -0.15) is 0 Å². The average Bonchev–Trinajstić information content (AvgIpc) is 2.96. The van der Waals surface area contributed by atoms with Crippen molar-refractivity contribution >= 4 is 5.97 Å². The van der Waals surface area contributed by atoms with Crippen LogP contribution in [0.3, 0.4) is 0 Å². The first-order chi connectivity index (χ1) is 12.6. The summed E-state index contributed by atoms with van der Waals surface area (Å²) in [6.45, 7) is 2.20. The van der Waals surface area contributed by atoms with Crippen molar-refractivity contribution in [3.63, 3.8) is 0 Å². The van der Waals surface area contributed by atoms with Crippen LogP contribution in [0.5, 0.6) is 5.75 Å². The van der Waals surface area contributed by atoms with Gasteiger partial charge in [0.1, 0.15) is 12.4 Å². The van der Waals surface area contributed by atoms with Gasteiger partial charge in [-0.25, -0.2) is 0 Å². The molecule has 130 valence electrons. The van der Waals surface area contributed by atoms with Gasteiger partial charge in [-0.05, 0) is 40.8 Å². The number of phenols is 1. The van der Waals surface area contributed by atoms with E-state index in [9.17, 15) is 9.90 Å². The molecule has 0 aliphatic heterocycles. The maximum Gasteiger partial charge on any atom is 0.310 e. The second-order valence-corrected chi connectivity index (χ2v) is 6.72. The van der Waals surface area contributed by atoms with Crippen LogP contribution in [-0.2, 0) is 16.0 Å². The second kappa shape index (κ2) is 6.68. The zero-order chi connectivity index (χ0) is 18.1. The summed E-state index contributed by atoms with van der Waals surface area (Å²) in [5.74, 6) is -0.137. The van der Waals surface area contributed by atoms with Gasteiger partial charge in [0.25, 0.3) is 0 Å². The van der Waals surface area contributed by atoms with E-state index < -0.39 is 0 Å². The third kappa shape index (κ3) is 2.97. The Morgan fingerprint density at radius 2 is 1.58 bits per heavy atom. The third-order valence-corrected chi connectivity index (χ3v) is 4.95. The molecular formula is C23H20O3. The molecule has 0 heterocycles. The highest BCUT2D eigenvalue weighted by Crippen LogP contribution is 2.44. The van der Waals surface area contributed by atoms with Gasteiger partial charge in [0, 0.05) is 11.5 Å². The first kappa shape index (κ1) is 16.4. The van der Waals surface area contributed by atoms with Crippen LogP contribution < -0.4 is 0 Å². The number of benzene rings is 3. The first-order valence-corrected chi connectivity index (χ1v) is 8.76. The molecule has 0 amide bonds. The van der Waals surface area contributed by atoms with Gasteiger partial charge in [0.2, 0.25) is 0 Å². The van der Waals surface area contributed by atoms with Crippen molar-refractivity contribution in [1.29, 1.82) is 0 Å². The number of rotatable bonds is 4. The van der Waals surface area contributed by atoms with Crippen LogP contribution in [0.15, 0.2) is 66.7 Å². The highest BCUT2D eigenvalue weighted by atomic mass is 16.5. The number of ether oxygens (including phenoxy) is 1. The Labute approximate surface area is 152 Å². The fourth-order valence-electron chi connectivity index (χ4n) is 3.65. The average molecular weight is 344 g/mol. The van der Waals surface area contributed by atoms with Gasteiger partial charge in [0.15, 0.2) is 0 Å². The van der Waals surface area contributed by atoms with Crippen LogP contribution in [-0.4, -0.2) is 17.7 Å². The van der Waals surface area contributed by atoms with Crippen LogP contribution in [0, 0.1) is 6.92 Å². The largest absolute Gasteiger partial charge is 0.508 e. The summed E-state index contributed by atoms with van der Waals surface area (Å²) in [5, 5.41) is 9.97. The van der Waals surface area contributed by atoms with Crippen LogP contribution in [0.2, 0.25) is 0 Å². The monoisotopic (exact) mass is 344 g/mol. The molecular weight excluding hydrogens is 324 g/mol. The number of aryl methyl sites for hydroxylation is 1. The third-order valence-electron chi connectivity index (χ3n) is 4.95. The van der Waals surface area contributed by atoms with E-state index in [1.165, 1.54) is 22.3 Å². The number of esters is 1. The molecule has 0 saturated carbocycles. The molecule has 3 aromatic rings. The molecule has 26 heavy (non-hydrogen) atoms. The fourth-order valence-corrected chi connectivity index (χ4v) is 3.65. The van der Waals surface area contributed by atoms with Gasteiger partial charge in [-0.3, -0.25) is 4.79 Å². The predicted octanol–water partition coefficient (Wildman–Crippen LogP) is 4.60. The summed E-state index contributed by atoms with van der Waals surface area (Å²) in [6.07, 6.45) is 0.0716. The highest BCUT2D eigenvalue weighted by Gasteiger charge is 2.29. The Hall–Kier alpha value is -3.07. The lowest BCUT2D eigenvalue weighted by atomic mass is 9.98. The molecule has 1 aliphatic rings. The lowest BCUT2D eigenvalue weighted by Gasteiger charge is -2.14. The Balaban J connectivity index is 1.50. The number of carbonyl (C=O) groups is 1. The normalized spacial score (nSPS) is 12.5. The van der Waals surface area contributed by atoms with Crippen LogP contribution in [0.25, 0.3) is 11.1 Å². The molecule has 0 unspecified atom stereocenters. The first-order valence-electron chi connectivity index (χ1n) is 8.76. The van der Waals surface area contributed by atoms with Crippen molar-refractivity contribution in [2.24, 2.45) is 0 Å². The summed E-state index contributed by atoms with van der Waals surface area (Å²) >= 11 is 0. The molecule has 1 N–H and O–H groups in total. The molecule has 0 saturated heterocycles. The van der Waals surface area contributed by atoms with Crippen LogP contribution >= 0.6 is 0 Å². The Morgan fingerprint density at radius 1 is 0.962 bits per heavy atom. The number of hydrogen-bond donors (Lipinski definition) is 1. The number of fused-ring (bicyclic) bond motifs is 3. The topological polar surface area (TPSA) is 46.5 Å². The molecule has 3 nitrogen and oxygen atoms in total. The van der Waals surface area contributed by atoms with Gasteiger partial charge in [0.05, 0.1) is 6.42 Å². The zero-order valence-electron chi connectivity index (χ0n) is 14.6. The van der Waals surface area contributed by atoms with Gasteiger partial charge >= 0.3 is 5.97 Å². The molecule has 0 fully saturated rings. The minimum absolute atomic E-state index is 0.0537. The standard InChI is InChI=1S/C23H20O3/c1-15-10-11-16(22(24)12-15)13-23(25)26-14-21-19-8-4-2-6-17(19)18-7-3-5-9-20(18)21/h2-12,21,24H,13-14H2,1H3. The molecule has 0 spiro atoms. The van der Waals surface area contributed by atoms with E-state index in [0.717, 1.165) is 5.56 Å². The van der Waals surface area contributed by atoms with Crippen molar-refractivity contribution in [2.75, 3.05) is 6.61 Å². The SMILES string of the molecule is Cc1ccc(CC(=O)OCC2c3ccccc3-c3ccccc32)c(O)c1. The maximum atomic E-state index is 12.3. The molecule has 0 aromatic heterocycles. The minimum Gasteiger partial charge on any atom is -0.508 e. The summed E-state index contributed by atoms with van der Waals surface area (Å²) in [7, 11) is 0. The van der Waals surface area contributed by atoms with E-state index in [1.807, 2.05) is 37.3 Å². The Kier molecular flexibility index (Phi) is 4.21. The second-order valence-electron chi connectivity index (χ2n) is 6.72. The number of aromatic hydroxyl groups is 1. The highest BCUT2D eigenvalue weighted by molar-refractivity contribution is 5.79. The van der Waals surface area contributed by atoms with E-state index in [1.54, 1.807) is 12.1 Å². The number of hydrogen-bond acceptors (Lipinski definition) is 3. The van der Waals surface area contributed by atoms with Crippen molar-refractivity contribution in [1.82, 2.24) is 0 Å². The van der Waals surface area contributed by atoms with Gasteiger partial charge in [-0.15, -0.1) is 0 Å². The zero-order valence-corrected chi connectivity index (χ0v) is 14.6. The summed E-state index contributed by atoms with van der Waals surface area (Å²) in [4.78, 5) is 12.3. The lowest BCUT2D eigenvalue weighted by Crippen LogP contribution is -2.14. The molecule has 1 aliphatic carbocycles. The van der Waals surface area contributed by atoms with E-state index in [4.69, 9.17) is 4.74 Å². The Morgan fingerprint density at radius 3 is 2.19 bits per heavy atom. The van der Waals surface area contributed by atoms with Crippen molar-refractivity contribution < 1.29 is 14.6 Å². The molecule has 0 atom stereocenters. The van der Waals surface area contributed by atoms with Crippen molar-refractivity contribution in [2.45, 2.75) is 19.3 Å². The smallest absolute Gasteiger partial charge is 0.310 e. The summed E-state index contributed by atoms with van der Waals surface area (Å²) in [6, 6.07) is 21.8. The van der Waals surface area contributed by atoms with Gasteiger partial charge < -0.3 is 9.84 Å². The molecule has 0 radical (unpaired) electrons. The van der Waals surface area contributed by atoms with Crippen LogP contribution in [0.4, 0.5) is 0 Å². The fraction of sp³-hybridized carbons (Fsp3) is 0.174. The summed E-state index contributed by atoms with van der Waals surface area (Å²) < 4.78 is 5.58. The molecule has 3 heteroatoms. The van der Waals surface area contributed by atoms with Crippen molar-refractivity contribution in [3.05, 3.63) is 89.0 Å². The predicted molar refractivity (Wildman–Crippen MR) is 101 cm³/mol.